The Bertz CT molecular complexity index is 1040. The first kappa shape index (κ1) is 22.9. The molecule has 2 saturated carbocycles. The van der Waals surface area contributed by atoms with Crippen molar-refractivity contribution in [1.29, 1.82) is 0 Å². The molecule has 1 heterocycles. The highest BCUT2D eigenvalue weighted by molar-refractivity contribution is 5.97. The van der Waals surface area contributed by atoms with Gasteiger partial charge in [-0.15, -0.1) is 0 Å². The summed E-state index contributed by atoms with van der Waals surface area (Å²) in [6, 6.07) is 18.1. The molecule has 1 saturated heterocycles. The van der Waals surface area contributed by atoms with Crippen LogP contribution in [-0.4, -0.2) is 54.5 Å². The minimum Gasteiger partial charge on any atom is -0.366 e. The zero-order valence-electron chi connectivity index (χ0n) is 20.4. The highest BCUT2D eigenvalue weighted by Gasteiger charge is 2.55. The third kappa shape index (κ3) is 3.78. The number of carbonyl (C=O) groups excluding carboxylic acids is 2. The van der Waals surface area contributed by atoms with Gasteiger partial charge in [-0.1, -0.05) is 36.8 Å². The number of nitrogens with zero attached hydrogens (tertiary/aromatic N) is 3. The molecule has 34 heavy (non-hydrogen) atoms. The van der Waals surface area contributed by atoms with Gasteiger partial charge in [-0.2, -0.15) is 0 Å². The fourth-order valence-electron chi connectivity index (χ4n) is 6.31. The van der Waals surface area contributed by atoms with Crippen molar-refractivity contribution in [3.8, 4) is 0 Å². The maximum absolute atomic E-state index is 13.8. The van der Waals surface area contributed by atoms with Crippen LogP contribution < -0.4 is 10.6 Å². The first-order chi connectivity index (χ1) is 16.3. The van der Waals surface area contributed by atoms with Crippen LogP contribution >= 0.6 is 0 Å². The van der Waals surface area contributed by atoms with Crippen LogP contribution in [0.25, 0.3) is 0 Å². The molecule has 5 rings (SSSR count). The standard InChI is InChI=1S/C28H36N4O2/c1-30(2)28(23-9-4-3-5-10-23)17-15-27(16-18-28)20-31(24-13-11-22(12-14-24)25(29)33)26(34)32(27)19-21-7-6-8-21/h3-5,9-14,21H,6-8,15-20H2,1-2H3,(H2,29,33)/t27-,28-. The Labute approximate surface area is 202 Å². The Morgan fingerprint density at radius 3 is 2.18 bits per heavy atom. The molecule has 2 aromatic carbocycles. The van der Waals surface area contributed by atoms with Gasteiger partial charge >= 0.3 is 6.03 Å². The van der Waals surface area contributed by atoms with Gasteiger partial charge in [0, 0.05) is 23.3 Å². The van der Waals surface area contributed by atoms with Gasteiger partial charge in [0.15, 0.2) is 0 Å². The second-order valence-corrected chi connectivity index (χ2v) is 10.7. The quantitative estimate of drug-likeness (QED) is 0.685. The topological polar surface area (TPSA) is 69.9 Å². The molecule has 1 aliphatic heterocycles. The zero-order chi connectivity index (χ0) is 23.9. The van der Waals surface area contributed by atoms with Crippen LogP contribution in [0, 0.1) is 5.92 Å². The molecule has 3 fully saturated rings. The smallest absolute Gasteiger partial charge is 0.325 e. The van der Waals surface area contributed by atoms with E-state index in [0.29, 0.717) is 18.0 Å². The lowest BCUT2D eigenvalue weighted by Crippen LogP contribution is -2.56. The van der Waals surface area contributed by atoms with Crippen LogP contribution in [0.1, 0.15) is 60.9 Å². The summed E-state index contributed by atoms with van der Waals surface area (Å²) in [5.74, 6) is 0.170. The van der Waals surface area contributed by atoms with E-state index in [4.69, 9.17) is 5.73 Å². The Kier molecular flexibility index (Phi) is 5.88. The van der Waals surface area contributed by atoms with E-state index in [1.165, 1.54) is 24.8 Å². The van der Waals surface area contributed by atoms with Gasteiger partial charge in [0.05, 0.1) is 12.1 Å². The maximum atomic E-state index is 13.8. The molecule has 3 aliphatic rings. The molecule has 180 valence electrons. The van der Waals surface area contributed by atoms with Crippen LogP contribution in [0.15, 0.2) is 54.6 Å². The van der Waals surface area contributed by atoms with Gasteiger partial charge in [-0.05, 0) is 88.4 Å². The third-order valence-electron chi connectivity index (χ3n) is 8.79. The molecule has 2 aliphatic carbocycles. The highest BCUT2D eigenvalue weighted by Crippen LogP contribution is 2.50. The molecule has 2 aromatic rings. The minimum atomic E-state index is -0.449. The fraction of sp³-hybridized carbons (Fsp3) is 0.500. The summed E-state index contributed by atoms with van der Waals surface area (Å²) in [6.45, 7) is 1.56. The molecule has 6 heteroatoms. The Morgan fingerprint density at radius 2 is 1.65 bits per heavy atom. The van der Waals surface area contributed by atoms with Gasteiger partial charge in [0.25, 0.3) is 0 Å². The van der Waals surface area contributed by atoms with Crippen molar-refractivity contribution in [3.63, 3.8) is 0 Å². The molecule has 0 unspecified atom stereocenters. The summed E-state index contributed by atoms with van der Waals surface area (Å²) in [5.41, 5.74) is 7.94. The molecule has 0 bridgehead atoms. The summed E-state index contributed by atoms with van der Waals surface area (Å²) in [6.07, 6.45) is 7.72. The number of nitrogens with two attached hydrogens (primary N) is 1. The molecule has 6 nitrogen and oxygen atoms in total. The van der Waals surface area contributed by atoms with E-state index in [-0.39, 0.29) is 17.1 Å². The van der Waals surface area contributed by atoms with Gasteiger partial charge in [-0.25, -0.2) is 4.79 Å². The predicted molar refractivity (Wildman–Crippen MR) is 135 cm³/mol. The van der Waals surface area contributed by atoms with Crippen molar-refractivity contribution in [1.82, 2.24) is 9.80 Å². The summed E-state index contributed by atoms with van der Waals surface area (Å²) in [4.78, 5) is 31.8. The number of urea groups is 1. The molecule has 3 amide bonds. The van der Waals surface area contributed by atoms with Crippen LogP contribution in [0.5, 0.6) is 0 Å². The van der Waals surface area contributed by atoms with Crippen molar-refractivity contribution >= 4 is 17.6 Å². The lowest BCUT2D eigenvalue weighted by molar-refractivity contribution is 0.0172. The van der Waals surface area contributed by atoms with Gasteiger partial charge in [0.1, 0.15) is 0 Å². The summed E-state index contributed by atoms with van der Waals surface area (Å²) in [5, 5.41) is 0. The van der Waals surface area contributed by atoms with E-state index in [1.54, 1.807) is 12.1 Å². The largest absolute Gasteiger partial charge is 0.366 e. The predicted octanol–water partition coefficient (Wildman–Crippen LogP) is 4.60. The second kappa shape index (κ2) is 8.73. The Balaban J connectivity index is 1.44. The first-order valence-corrected chi connectivity index (χ1v) is 12.6. The molecule has 0 aromatic heterocycles. The van der Waals surface area contributed by atoms with E-state index < -0.39 is 5.91 Å². The van der Waals surface area contributed by atoms with E-state index in [9.17, 15) is 9.59 Å². The molecular formula is C28H36N4O2. The van der Waals surface area contributed by atoms with Gasteiger partial charge < -0.3 is 10.6 Å². The van der Waals surface area contributed by atoms with Crippen molar-refractivity contribution in [2.24, 2.45) is 11.7 Å². The number of anilines is 1. The average molecular weight is 461 g/mol. The lowest BCUT2D eigenvalue weighted by Gasteiger charge is -2.51. The van der Waals surface area contributed by atoms with Crippen molar-refractivity contribution in [2.75, 3.05) is 32.1 Å². The number of rotatable bonds is 6. The number of benzene rings is 2. The summed E-state index contributed by atoms with van der Waals surface area (Å²) < 4.78 is 0. The molecule has 2 N–H and O–H groups in total. The normalized spacial score (nSPS) is 27.4. The van der Waals surface area contributed by atoms with Gasteiger partial charge in [-0.3, -0.25) is 14.6 Å². The highest BCUT2D eigenvalue weighted by atomic mass is 16.2. The lowest BCUT2D eigenvalue weighted by atomic mass is 9.68. The van der Waals surface area contributed by atoms with Gasteiger partial charge in [0.2, 0.25) is 5.91 Å². The van der Waals surface area contributed by atoms with E-state index in [2.05, 4.69) is 54.2 Å². The molecular weight excluding hydrogens is 424 g/mol. The first-order valence-electron chi connectivity index (χ1n) is 12.6. The Hall–Kier alpha value is -2.86. The fourth-order valence-corrected chi connectivity index (χ4v) is 6.31. The SMILES string of the molecule is CN(C)[C@]1(c2ccccc2)CC[C@@]2(CC1)CN(c1ccc(C(N)=O)cc1)C(=O)N2CC1CCC1. The number of primary amides is 1. The third-order valence-corrected chi connectivity index (χ3v) is 8.79. The monoisotopic (exact) mass is 460 g/mol. The van der Waals surface area contributed by atoms with Crippen LogP contribution in [-0.2, 0) is 5.54 Å². The van der Waals surface area contributed by atoms with Crippen molar-refractivity contribution in [3.05, 3.63) is 65.7 Å². The number of hydrogen-bond donors (Lipinski definition) is 1. The molecule has 1 spiro atoms. The summed E-state index contributed by atoms with van der Waals surface area (Å²) in [7, 11) is 4.37. The summed E-state index contributed by atoms with van der Waals surface area (Å²) >= 11 is 0. The van der Waals surface area contributed by atoms with Crippen LogP contribution in [0.2, 0.25) is 0 Å². The number of hydrogen-bond acceptors (Lipinski definition) is 3. The van der Waals surface area contributed by atoms with Crippen molar-refractivity contribution < 1.29 is 9.59 Å². The second-order valence-electron chi connectivity index (χ2n) is 10.7. The zero-order valence-corrected chi connectivity index (χ0v) is 20.4. The van der Waals surface area contributed by atoms with E-state index >= 15 is 0 Å². The van der Waals surface area contributed by atoms with Crippen molar-refractivity contribution in [2.45, 2.75) is 56.0 Å². The molecule has 0 atom stereocenters. The molecule has 0 radical (unpaired) electrons. The Morgan fingerprint density at radius 1 is 1.00 bits per heavy atom. The van der Waals surface area contributed by atoms with Crippen LogP contribution in [0.3, 0.4) is 0 Å². The minimum absolute atomic E-state index is 0.00570. The average Bonchev–Trinajstić information content (AvgIpc) is 3.08. The number of carbonyl (C=O) groups is 2. The maximum Gasteiger partial charge on any atom is 0.325 e. The van der Waals surface area contributed by atoms with E-state index in [0.717, 1.165) is 37.9 Å². The number of amides is 3. The van der Waals surface area contributed by atoms with E-state index in [1.807, 2.05) is 17.0 Å². The van der Waals surface area contributed by atoms with Crippen LogP contribution in [0.4, 0.5) is 10.5 Å².